The van der Waals surface area contributed by atoms with Crippen molar-refractivity contribution >= 4 is 6.21 Å². The number of fused-ring (bicyclic) bond motifs is 3. The Labute approximate surface area is 111 Å². The van der Waals surface area contributed by atoms with E-state index in [2.05, 4.69) is 21.3 Å². The van der Waals surface area contributed by atoms with Crippen molar-refractivity contribution < 1.29 is 0 Å². The number of imidazole rings is 1. The number of nitrogens with one attached hydrogen (secondary N) is 2. The van der Waals surface area contributed by atoms with E-state index in [9.17, 15) is 0 Å². The largest absolute Gasteiger partial charge is 0.365 e. The van der Waals surface area contributed by atoms with Crippen molar-refractivity contribution in [2.45, 2.75) is 30.5 Å². The van der Waals surface area contributed by atoms with Crippen LogP contribution in [0.3, 0.4) is 0 Å². The summed E-state index contributed by atoms with van der Waals surface area (Å²) in [4.78, 5) is 9.42. The van der Waals surface area contributed by atoms with Crippen LogP contribution in [0.15, 0.2) is 23.5 Å². The molecule has 2 N–H and O–H groups in total. The normalized spacial score (nSPS) is 41.4. The summed E-state index contributed by atoms with van der Waals surface area (Å²) in [7, 11) is 0. The van der Waals surface area contributed by atoms with E-state index in [1.165, 1.54) is 24.4 Å². The molecule has 1 aromatic heterocycles. The molecule has 1 spiro atoms. The molecule has 0 radical (unpaired) electrons. The molecule has 5 heteroatoms. The van der Waals surface area contributed by atoms with Gasteiger partial charge in [-0.3, -0.25) is 4.99 Å². The Kier molecular flexibility index (Phi) is 1.76. The van der Waals surface area contributed by atoms with Crippen LogP contribution in [-0.4, -0.2) is 34.5 Å². The van der Waals surface area contributed by atoms with Crippen LogP contribution in [0.5, 0.6) is 0 Å². The van der Waals surface area contributed by atoms with E-state index < -0.39 is 0 Å². The number of aliphatic imine (C=N–C) groups is 1. The van der Waals surface area contributed by atoms with Gasteiger partial charge < -0.3 is 15.2 Å². The first-order valence-corrected chi connectivity index (χ1v) is 7.17. The van der Waals surface area contributed by atoms with Crippen molar-refractivity contribution in [2.75, 3.05) is 13.1 Å². The van der Waals surface area contributed by atoms with Crippen LogP contribution in [0, 0.1) is 5.92 Å². The van der Waals surface area contributed by atoms with Crippen LogP contribution in [-0.2, 0) is 0 Å². The van der Waals surface area contributed by atoms with Gasteiger partial charge in [0.2, 0.25) is 0 Å². The Hall–Kier alpha value is -1.62. The molecular formula is C14H17N5. The number of hydrogen-bond donors (Lipinski definition) is 2. The molecule has 5 rings (SSSR count). The van der Waals surface area contributed by atoms with Gasteiger partial charge in [-0.1, -0.05) is 6.08 Å². The van der Waals surface area contributed by atoms with Crippen LogP contribution < -0.4 is 10.6 Å². The number of rotatable bonds is 1. The van der Waals surface area contributed by atoms with Crippen LogP contribution >= 0.6 is 0 Å². The second kappa shape index (κ2) is 3.28. The van der Waals surface area contributed by atoms with Crippen molar-refractivity contribution in [3.8, 4) is 0 Å². The monoisotopic (exact) mass is 255 g/mol. The lowest BCUT2D eigenvalue weighted by atomic mass is 9.98. The number of aromatic nitrogens is 2. The quantitative estimate of drug-likeness (QED) is 0.779. The molecule has 98 valence electrons. The lowest BCUT2D eigenvalue weighted by molar-refractivity contribution is 0.420. The van der Waals surface area contributed by atoms with E-state index in [4.69, 9.17) is 9.98 Å². The van der Waals surface area contributed by atoms with Gasteiger partial charge in [-0.05, 0) is 25.6 Å². The highest BCUT2D eigenvalue weighted by Crippen LogP contribution is 2.61. The van der Waals surface area contributed by atoms with Gasteiger partial charge in [0.05, 0.1) is 17.9 Å². The smallest absolute Gasteiger partial charge is 0.159 e. The molecule has 1 aromatic rings. The fourth-order valence-corrected chi connectivity index (χ4v) is 3.99. The molecule has 4 aliphatic rings. The van der Waals surface area contributed by atoms with Gasteiger partial charge >= 0.3 is 0 Å². The maximum atomic E-state index is 4.72. The zero-order chi connectivity index (χ0) is 12.4. The summed E-state index contributed by atoms with van der Waals surface area (Å²) in [6, 6.07) is 0.442. The summed E-state index contributed by atoms with van der Waals surface area (Å²) in [6.45, 7) is 2.20. The second-order valence-corrected chi connectivity index (χ2v) is 6.01. The highest BCUT2D eigenvalue weighted by atomic mass is 15.4. The molecule has 1 aliphatic carbocycles. The Balaban J connectivity index is 1.59. The first-order valence-electron chi connectivity index (χ1n) is 7.17. The molecule has 4 heterocycles. The predicted octanol–water partition coefficient (Wildman–Crippen LogP) is 0.767. The van der Waals surface area contributed by atoms with Gasteiger partial charge in [0.1, 0.15) is 5.82 Å². The van der Waals surface area contributed by atoms with Gasteiger partial charge in [-0.15, -0.1) is 0 Å². The maximum absolute atomic E-state index is 4.72. The molecule has 19 heavy (non-hydrogen) atoms. The lowest BCUT2D eigenvalue weighted by Crippen LogP contribution is -2.33. The van der Waals surface area contributed by atoms with E-state index in [1.54, 1.807) is 0 Å². The van der Waals surface area contributed by atoms with Crippen LogP contribution in [0.25, 0.3) is 0 Å². The fourth-order valence-electron chi connectivity index (χ4n) is 3.99. The minimum Gasteiger partial charge on any atom is -0.365 e. The average Bonchev–Trinajstić information content (AvgIpc) is 2.83. The van der Waals surface area contributed by atoms with E-state index >= 15 is 0 Å². The summed E-state index contributed by atoms with van der Waals surface area (Å²) < 4.78 is 2.44. The van der Waals surface area contributed by atoms with Crippen LogP contribution in [0.4, 0.5) is 0 Å². The van der Waals surface area contributed by atoms with Crippen molar-refractivity contribution in [1.29, 1.82) is 0 Å². The van der Waals surface area contributed by atoms with Gasteiger partial charge in [-0.25, -0.2) is 4.98 Å². The Morgan fingerprint density at radius 2 is 2.42 bits per heavy atom. The second-order valence-electron chi connectivity index (χ2n) is 6.01. The van der Waals surface area contributed by atoms with Crippen LogP contribution in [0.2, 0.25) is 0 Å². The van der Waals surface area contributed by atoms with Crippen LogP contribution in [0.1, 0.15) is 36.3 Å². The Morgan fingerprint density at radius 1 is 1.42 bits per heavy atom. The summed E-state index contributed by atoms with van der Waals surface area (Å²) in [6.07, 6.45) is 10.8. The maximum Gasteiger partial charge on any atom is 0.159 e. The first kappa shape index (κ1) is 10.2. The molecular weight excluding hydrogens is 238 g/mol. The highest BCUT2D eigenvalue weighted by Gasteiger charge is 2.69. The highest BCUT2D eigenvalue weighted by molar-refractivity contribution is 5.80. The standard InChI is InChI=1S/C14H17N5/c1-2-9(6-15-4-1)13-16-7-10-8-18-14-11(3-5-17-14)12(14)19(10)13/h3,5,7-9,11-12,15,17H,1-2,4,6H2/t9-,11?,12?,14?/m1/s1. The zero-order valence-corrected chi connectivity index (χ0v) is 10.7. The molecule has 0 amide bonds. The summed E-state index contributed by atoms with van der Waals surface area (Å²) in [5.41, 5.74) is 1.09. The summed E-state index contributed by atoms with van der Waals surface area (Å²) in [5, 5.41) is 6.92. The Morgan fingerprint density at radius 3 is 3.32 bits per heavy atom. The van der Waals surface area contributed by atoms with Crippen molar-refractivity contribution in [2.24, 2.45) is 10.9 Å². The molecule has 1 saturated heterocycles. The molecule has 0 bridgehead atoms. The molecule has 0 aromatic carbocycles. The van der Waals surface area contributed by atoms with E-state index in [-0.39, 0.29) is 5.66 Å². The minimum atomic E-state index is -0.0788. The molecule has 3 aliphatic heterocycles. The number of hydrogen-bond acceptors (Lipinski definition) is 4. The molecule has 4 atom stereocenters. The third-order valence-corrected chi connectivity index (χ3v) is 5.01. The average molecular weight is 255 g/mol. The van der Waals surface area contributed by atoms with Crippen molar-refractivity contribution in [1.82, 2.24) is 20.2 Å². The van der Waals surface area contributed by atoms with Crippen molar-refractivity contribution in [3.63, 3.8) is 0 Å². The first-order chi connectivity index (χ1) is 9.40. The third-order valence-electron chi connectivity index (χ3n) is 5.01. The molecule has 5 nitrogen and oxygen atoms in total. The molecule has 1 saturated carbocycles. The minimum absolute atomic E-state index is 0.0788. The van der Waals surface area contributed by atoms with Gasteiger partial charge in [0.25, 0.3) is 0 Å². The fraction of sp³-hybridized carbons (Fsp3) is 0.571. The number of nitrogens with zero attached hydrogens (tertiary/aromatic N) is 3. The van der Waals surface area contributed by atoms with E-state index in [0.29, 0.717) is 17.9 Å². The molecule has 2 fully saturated rings. The summed E-state index contributed by atoms with van der Waals surface area (Å²) >= 11 is 0. The third kappa shape index (κ3) is 1.15. The lowest BCUT2D eigenvalue weighted by Gasteiger charge is -2.26. The molecule has 3 unspecified atom stereocenters. The van der Waals surface area contributed by atoms with Gasteiger partial charge in [0.15, 0.2) is 5.66 Å². The summed E-state index contributed by atoms with van der Waals surface area (Å²) in [5.74, 6) is 2.31. The zero-order valence-electron chi connectivity index (χ0n) is 10.7. The van der Waals surface area contributed by atoms with Gasteiger partial charge in [-0.2, -0.15) is 0 Å². The van der Waals surface area contributed by atoms with E-state index in [1.807, 2.05) is 18.6 Å². The van der Waals surface area contributed by atoms with Gasteiger partial charge in [0, 0.05) is 24.6 Å². The predicted molar refractivity (Wildman–Crippen MR) is 72.2 cm³/mol. The van der Waals surface area contributed by atoms with Crippen molar-refractivity contribution in [3.05, 3.63) is 30.0 Å². The SMILES string of the molecule is C1=CC2C3n4c(cnc4[C@@H]4CCCNC4)C=NC23N1. The van der Waals surface area contributed by atoms with E-state index in [0.717, 1.165) is 13.1 Å². The Bertz CT molecular complexity index is 595. The topological polar surface area (TPSA) is 54.2 Å². The number of piperidine rings is 1.